The molecular weight excluding hydrogens is 414 g/mol. The topological polar surface area (TPSA) is 83.7 Å². The number of fused-ring (bicyclic) bond motifs is 1. The number of hydrogen-bond donors (Lipinski definition) is 0. The van der Waals surface area contributed by atoms with Crippen LogP contribution in [-0.4, -0.2) is 58.7 Å². The summed E-state index contributed by atoms with van der Waals surface area (Å²) in [5.41, 5.74) is 0.686. The van der Waals surface area contributed by atoms with Gasteiger partial charge in [0.2, 0.25) is 10.0 Å². The molecule has 0 N–H and O–H groups in total. The van der Waals surface area contributed by atoms with Gasteiger partial charge < -0.3 is 4.90 Å². The standard InChI is InChI=1S/C19H20F2N6O2S/c1-25(30(28,29)16-8-13(20)7-14(21)9-16)15-10-26(11-15)18-6-5-17-22-23-19(27(17)24-18)12-3-2-4-12/h5-9,12,15H,2-4,10-11H2,1H3. The largest absolute Gasteiger partial charge is 0.352 e. The van der Waals surface area contributed by atoms with Crippen molar-refractivity contribution in [1.82, 2.24) is 24.1 Å². The average molecular weight is 434 g/mol. The van der Waals surface area contributed by atoms with Crippen LogP contribution in [0.2, 0.25) is 0 Å². The first-order chi connectivity index (χ1) is 14.3. The van der Waals surface area contributed by atoms with Crippen molar-refractivity contribution >= 4 is 21.5 Å². The van der Waals surface area contributed by atoms with E-state index < -0.39 is 26.6 Å². The Hall–Kier alpha value is -2.66. The Morgan fingerprint density at radius 1 is 1.07 bits per heavy atom. The average Bonchev–Trinajstić information content (AvgIpc) is 3.01. The molecule has 0 spiro atoms. The molecule has 11 heteroatoms. The molecule has 3 aromatic rings. The molecule has 1 saturated carbocycles. The van der Waals surface area contributed by atoms with E-state index in [4.69, 9.17) is 0 Å². The van der Waals surface area contributed by atoms with E-state index in [1.165, 1.54) is 13.5 Å². The number of nitrogens with zero attached hydrogens (tertiary/aromatic N) is 6. The van der Waals surface area contributed by atoms with E-state index in [1.807, 2.05) is 17.0 Å². The zero-order valence-corrected chi connectivity index (χ0v) is 17.1. The third-order valence-corrected chi connectivity index (χ3v) is 7.84. The van der Waals surface area contributed by atoms with Gasteiger partial charge in [-0.05, 0) is 37.1 Å². The molecule has 2 fully saturated rings. The van der Waals surface area contributed by atoms with Crippen LogP contribution < -0.4 is 4.90 Å². The first-order valence-corrected chi connectivity index (χ1v) is 11.2. The van der Waals surface area contributed by atoms with Crippen molar-refractivity contribution in [3.8, 4) is 0 Å². The van der Waals surface area contributed by atoms with Crippen molar-refractivity contribution in [2.45, 2.75) is 36.1 Å². The SMILES string of the molecule is CN(C1CN(c2ccc3nnc(C4CCC4)n3n2)C1)S(=O)(=O)c1cc(F)cc(F)c1. The van der Waals surface area contributed by atoms with Gasteiger partial charge in [0.15, 0.2) is 11.5 Å². The number of likely N-dealkylation sites (N-methyl/N-ethyl adjacent to an activating group) is 1. The van der Waals surface area contributed by atoms with Gasteiger partial charge in [-0.15, -0.1) is 15.3 Å². The minimum absolute atomic E-state index is 0.328. The minimum Gasteiger partial charge on any atom is -0.352 e. The molecule has 158 valence electrons. The Bertz CT molecular complexity index is 1200. The van der Waals surface area contributed by atoms with Gasteiger partial charge in [0.25, 0.3) is 0 Å². The highest BCUT2D eigenvalue weighted by Crippen LogP contribution is 2.35. The van der Waals surface area contributed by atoms with Crippen LogP contribution >= 0.6 is 0 Å². The summed E-state index contributed by atoms with van der Waals surface area (Å²) < 4.78 is 55.4. The van der Waals surface area contributed by atoms with Gasteiger partial charge in [-0.3, -0.25) is 0 Å². The number of aromatic nitrogens is 4. The minimum atomic E-state index is -4.01. The van der Waals surface area contributed by atoms with Gasteiger partial charge >= 0.3 is 0 Å². The predicted octanol–water partition coefficient (Wildman–Crippen LogP) is 2.18. The molecule has 1 aliphatic carbocycles. The van der Waals surface area contributed by atoms with E-state index in [-0.39, 0.29) is 6.04 Å². The third-order valence-electron chi connectivity index (χ3n) is 5.96. The lowest BCUT2D eigenvalue weighted by Gasteiger charge is -2.43. The quantitative estimate of drug-likeness (QED) is 0.612. The number of hydrogen-bond acceptors (Lipinski definition) is 6. The van der Waals surface area contributed by atoms with Gasteiger partial charge in [0.1, 0.15) is 17.5 Å². The van der Waals surface area contributed by atoms with Crippen LogP contribution in [0.5, 0.6) is 0 Å². The second kappa shape index (κ2) is 6.95. The number of benzene rings is 1. The second-order valence-electron chi connectivity index (χ2n) is 7.83. The third kappa shape index (κ3) is 3.12. The molecule has 8 nitrogen and oxygen atoms in total. The summed E-state index contributed by atoms with van der Waals surface area (Å²) >= 11 is 0. The van der Waals surface area contributed by atoms with E-state index >= 15 is 0 Å². The highest BCUT2D eigenvalue weighted by molar-refractivity contribution is 7.89. The molecule has 0 amide bonds. The maximum Gasteiger partial charge on any atom is 0.243 e. The van der Waals surface area contributed by atoms with Crippen molar-refractivity contribution in [3.05, 3.63) is 47.8 Å². The molecule has 0 atom stereocenters. The summed E-state index contributed by atoms with van der Waals surface area (Å²) in [7, 11) is -2.59. The van der Waals surface area contributed by atoms with Crippen molar-refractivity contribution in [2.75, 3.05) is 25.0 Å². The number of anilines is 1. The Kier molecular flexibility index (Phi) is 4.47. The van der Waals surface area contributed by atoms with E-state index in [2.05, 4.69) is 15.3 Å². The molecule has 3 heterocycles. The molecule has 2 aromatic heterocycles. The smallest absolute Gasteiger partial charge is 0.243 e. The fourth-order valence-electron chi connectivity index (χ4n) is 3.80. The maximum atomic E-state index is 13.5. The molecule has 0 radical (unpaired) electrons. The lowest BCUT2D eigenvalue weighted by atomic mass is 9.85. The first kappa shape index (κ1) is 19.3. The Labute approximate surface area is 172 Å². The second-order valence-corrected chi connectivity index (χ2v) is 9.83. The van der Waals surface area contributed by atoms with E-state index in [0.717, 1.165) is 35.1 Å². The van der Waals surface area contributed by atoms with Crippen molar-refractivity contribution in [2.24, 2.45) is 0 Å². The van der Waals surface area contributed by atoms with Crippen molar-refractivity contribution in [1.29, 1.82) is 0 Å². The first-order valence-electron chi connectivity index (χ1n) is 9.74. The summed E-state index contributed by atoms with van der Waals surface area (Å²) in [6.45, 7) is 0.847. The molecule has 30 heavy (non-hydrogen) atoms. The van der Waals surface area contributed by atoms with Crippen LogP contribution in [0.3, 0.4) is 0 Å². The fraction of sp³-hybridized carbons (Fsp3) is 0.421. The summed E-state index contributed by atoms with van der Waals surface area (Å²) in [4.78, 5) is 1.56. The van der Waals surface area contributed by atoms with Crippen molar-refractivity contribution in [3.63, 3.8) is 0 Å². The number of rotatable bonds is 5. The van der Waals surface area contributed by atoms with Gasteiger partial charge in [-0.1, -0.05) is 6.42 Å². The highest BCUT2D eigenvalue weighted by Gasteiger charge is 2.38. The predicted molar refractivity (Wildman–Crippen MR) is 105 cm³/mol. The lowest BCUT2D eigenvalue weighted by Crippen LogP contribution is -2.60. The zero-order chi connectivity index (χ0) is 21.0. The fourth-order valence-corrected chi connectivity index (χ4v) is 5.18. The summed E-state index contributed by atoms with van der Waals surface area (Å²) in [5, 5.41) is 13.1. The summed E-state index contributed by atoms with van der Waals surface area (Å²) in [6.07, 6.45) is 3.35. The molecule has 5 rings (SSSR count). The van der Waals surface area contributed by atoms with Crippen LogP contribution in [0.4, 0.5) is 14.6 Å². The normalized spacial score (nSPS) is 18.1. The monoisotopic (exact) mass is 434 g/mol. The number of halogens is 2. The molecule has 1 aromatic carbocycles. The molecule has 1 aliphatic heterocycles. The molecule has 0 bridgehead atoms. The van der Waals surface area contributed by atoms with Crippen LogP contribution in [-0.2, 0) is 10.0 Å². The van der Waals surface area contributed by atoms with Gasteiger partial charge in [-0.25, -0.2) is 17.2 Å². The van der Waals surface area contributed by atoms with Crippen molar-refractivity contribution < 1.29 is 17.2 Å². The maximum absolute atomic E-state index is 13.5. The molecule has 0 unspecified atom stereocenters. The van der Waals surface area contributed by atoms with Gasteiger partial charge in [0, 0.05) is 32.1 Å². The van der Waals surface area contributed by atoms with Gasteiger partial charge in [-0.2, -0.15) is 8.82 Å². The van der Waals surface area contributed by atoms with Crippen LogP contribution in [0.1, 0.15) is 31.0 Å². The lowest BCUT2D eigenvalue weighted by molar-refractivity contribution is 0.308. The molecular formula is C19H20F2N6O2S. The Morgan fingerprint density at radius 2 is 1.77 bits per heavy atom. The van der Waals surface area contributed by atoms with E-state index in [9.17, 15) is 17.2 Å². The van der Waals surface area contributed by atoms with Gasteiger partial charge in [0.05, 0.1) is 10.9 Å². The van der Waals surface area contributed by atoms with Crippen LogP contribution in [0.15, 0.2) is 35.2 Å². The zero-order valence-electron chi connectivity index (χ0n) is 16.2. The van der Waals surface area contributed by atoms with E-state index in [0.29, 0.717) is 36.5 Å². The summed E-state index contributed by atoms with van der Waals surface area (Å²) in [5.74, 6) is 0.108. The van der Waals surface area contributed by atoms with E-state index in [1.54, 1.807) is 4.52 Å². The van der Waals surface area contributed by atoms with Crippen LogP contribution in [0.25, 0.3) is 5.65 Å². The molecule has 1 saturated heterocycles. The Balaban J connectivity index is 1.33. The highest BCUT2D eigenvalue weighted by atomic mass is 32.2. The molecule has 2 aliphatic rings. The number of sulfonamides is 1. The Morgan fingerprint density at radius 3 is 2.40 bits per heavy atom. The summed E-state index contributed by atoms with van der Waals surface area (Å²) in [6, 6.07) is 5.66. The van der Waals surface area contributed by atoms with Crippen LogP contribution in [0, 0.1) is 11.6 Å².